The molecule has 1 atom stereocenters. The van der Waals surface area contributed by atoms with E-state index >= 15 is 0 Å². The Balaban J connectivity index is 2.18. The summed E-state index contributed by atoms with van der Waals surface area (Å²) in [5, 5.41) is 0. The fraction of sp³-hybridized carbons (Fsp3) is 0.500. The van der Waals surface area contributed by atoms with Crippen LogP contribution >= 0.6 is 0 Å². The smallest absolute Gasteiger partial charge is 0.219 e. The van der Waals surface area contributed by atoms with Crippen LogP contribution in [0.5, 0.6) is 0 Å². The Morgan fingerprint density at radius 1 is 1.29 bits per heavy atom. The number of likely N-dealkylation sites (N-methyl/N-ethyl adjacent to an activating group) is 1. The highest BCUT2D eigenvalue weighted by Gasteiger charge is 2.27. The van der Waals surface area contributed by atoms with E-state index < -0.39 is 0 Å². The predicted octanol–water partition coefficient (Wildman–Crippen LogP) is 1.91. The Bertz CT molecular complexity index is 377. The molecule has 3 heteroatoms. The van der Waals surface area contributed by atoms with Gasteiger partial charge in [-0.15, -0.1) is 0 Å². The zero-order valence-corrected chi connectivity index (χ0v) is 10.6. The van der Waals surface area contributed by atoms with Gasteiger partial charge in [0.05, 0.1) is 6.04 Å². The number of amides is 1. The molecule has 3 nitrogen and oxygen atoms in total. The van der Waals surface area contributed by atoms with E-state index in [0.717, 1.165) is 26.2 Å². The molecule has 1 aromatic carbocycles. The molecule has 2 rings (SSSR count). The molecule has 0 radical (unpaired) electrons. The van der Waals surface area contributed by atoms with Gasteiger partial charge >= 0.3 is 0 Å². The van der Waals surface area contributed by atoms with Crippen LogP contribution in [-0.2, 0) is 4.79 Å². The standard InChI is InChI=1S/C14H20N2O/c1-3-15-9-10-16(12(2)17)11-14(15)13-7-5-4-6-8-13/h4-8,14H,3,9-11H2,1-2H3. The molecule has 1 amide bonds. The van der Waals surface area contributed by atoms with Crippen molar-refractivity contribution in [2.45, 2.75) is 19.9 Å². The number of carbonyl (C=O) groups excluding carboxylic acids is 1. The van der Waals surface area contributed by atoms with Gasteiger partial charge in [0.1, 0.15) is 0 Å². The molecule has 1 saturated heterocycles. The Kier molecular flexibility index (Phi) is 3.79. The molecule has 92 valence electrons. The Morgan fingerprint density at radius 2 is 2.00 bits per heavy atom. The third-order valence-electron chi connectivity index (χ3n) is 3.53. The van der Waals surface area contributed by atoms with E-state index in [1.165, 1.54) is 5.56 Å². The summed E-state index contributed by atoms with van der Waals surface area (Å²) in [5.74, 6) is 0.182. The number of piperazine rings is 1. The van der Waals surface area contributed by atoms with Crippen molar-refractivity contribution in [1.29, 1.82) is 0 Å². The Morgan fingerprint density at radius 3 is 2.59 bits per heavy atom. The molecule has 0 bridgehead atoms. The first-order valence-electron chi connectivity index (χ1n) is 6.27. The third kappa shape index (κ3) is 2.67. The minimum atomic E-state index is 0.182. The molecule has 0 aliphatic carbocycles. The number of nitrogens with zero attached hydrogens (tertiary/aromatic N) is 2. The summed E-state index contributed by atoms with van der Waals surface area (Å²) >= 11 is 0. The van der Waals surface area contributed by atoms with Crippen LogP contribution in [0.1, 0.15) is 25.5 Å². The Labute approximate surface area is 103 Å². The van der Waals surface area contributed by atoms with Crippen LogP contribution in [0.4, 0.5) is 0 Å². The van der Waals surface area contributed by atoms with E-state index in [4.69, 9.17) is 0 Å². The summed E-state index contributed by atoms with van der Waals surface area (Å²) in [6.45, 7) is 7.50. The van der Waals surface area contributed by atoms with Crippen LogP contribution in [0.3, 0.4) is 0 Å². The summed E-state index contributed by atoms with van der Waals surface area (Å²) in [6.07, 6.45) is 0. The highest BCUT2D eigenvalue weighted by atomic mass is 16.2. The van der Waals surface area contributed by atoms with E-state index in [9.17, 15) is 4.79 Å². The van der Waals surface area contributed by atoms with Gasteiger partial charge in [0, 0.05) is 26.6 Å². The van der Waals surface area contributed by atoms with Gasteiger partial charge < -0.3 is 4.90 Å². The van der Waals surface area contributed by atoms with E-state index in [1.54, 1.807) is 6.92 Å². The van der Waals surface area contributed by atoms with Crippen LogP contribution in [0.2, 0.25) is 0 Å². The van der Waals surface area contributed by atoms with Crippen molar-refractivity contribution < 1.29 is 4.79 Å². The third-order valence-corrected chi connectivity index (χ3v) is 3.53. The van der Waals surface area contributed by atoms with Gasteiger partial charge in [0.15, 0.2) is 0 Å². The summed E-state index contributed by atoms with van der Waals surface area (Å²) in [4.78, 5) is 15.9. The zero-order valence-electron chi connectivity index (χ0n) is 10.6. The van der Waals surface area contributed by atoms with Crippen LogP contribution in [0.15, 0.2) is 30.3 Å². The van der Waals surface area contributed by atoms with E-state index in [1.807, 2.05) is 11.0 Å². The first kappa shape index (κ1) is 12.1. The summed E-state index contributed by atoms with van der Waals surface area (Å²) < 4.78 is 0. The molecule has 0 saturated carbocycles. The van der Waals surface area contributed by atoms with Crippen molar-refractivity contribution in [3.63, 3.8) is 0 Å². The van der Waals surface area contributed by atoms with Gasteiger partial charge in [-0.2, -0.15) is 0 Å². The van der Waals surface area contributed by atoms with Gasteiger partial charge in [0.2, 0.25) is 5.91 Å². The lowest BCUT2D eigenvalue weighted by atomic mass is 10.0. The van der Waals surface area contributed by atoms with Gasteiger partial charge in [-0.1, -0.05) is 37.3 Å². The average Bonchev–Trinajstić information content (AvgIpc) is 2.39. The highest BCUT2D eigenvalue weighted by molar-refractivity contribution is 5.73. The summed E-state index contributed by atoms with van der Waals surface area (Å²) in [5.41, 5.74) is 1.31. The maximum Gasteiger partial charge on any atom is 0.219 e. The maximum atomic E-state index is 11.5. The first-order valence-corrected chi connectivity index (χ1v) is 6.27. The summed E-state index contributed by atoms with van der Waals surface area (Å²) in [6, 6.07) is 10.8. The van der Waals surface area contributed by atoms with Crippen LogP contribution in [0.25, 0.3) is 0 Å². The van der Waals surface area contributed by atoms with Crippen LogP contribution < -0.4 is 0 Å². The fourth-order valence-electron chi connectivity index (χ4n) is 2.48. The lowest BCUT2D eigenvalue weighted by molar-refractivity contribution is -0.131. The fourth-order valence-corrected chi connectivity index (χ4v) is 2.48. The van der Waals surface area contributed by atoms with E-state index in [0.29, 0.717) is 6.04 Å². The number of benzene rings is 1. The minimum absolute atomic E-state index is 0.182. The maximum absolute atomic E-state index is 11.5. The van der Waals surface area contributed by atoms with Crippen LogP contribution in [0, 0.1) is 0 Å². The molecule has 17 heavy (non-hydrogen) atoms. The first-order chi connectivity index (χ1) is 8.22. The van der Waals surface area contributed by atoms with Crippen molar-refractivity contribution in [3.8, 4) is 0 Å². The number of hydrogen-bond donors (Lipinski definition) is 0. The summed E-state index contributed by atoms with van der Waals surface area (Å²) in [7, 11) is 0. The van der Waals surface area contributed by atoms with Crippen molar-refractivity contribution in [3.05, 3.63) is 35.9 Å². The molecule has 1 heterocycles. The van der Waals surface area contributed by atoms with Gasteiger partial charge in [-0.25, -0.2) is 0 Å². The molecule has 1 aliphatic rings. The van der Waals surface area contributed by atoms with Crippen LogP contribution in [-0.4, -0.2) is 41.9 Å². The minimum Gasteiger partial charge on any atom is -0.340 e. The van der Waals surface area contributed by atoms with Gasteiger partial charge in [0.25, 0.3) is 0 Å². The molecular formula is C14H20N2O. The molecule has 0 aromatic heterocycles. The number of rotatable bonds is 2. The molecule has 0 spiro atoms. The van der Waals surface area contributed by atoms with Gasteiger partial charge in [-0.05, 0) is 12.1 Å². The average molecular weight is 232 g/mol. The second-order valence-corrected chi connectivity index (χ2v) is 4.52. The van der Waals surface area contributed by atoms with E-state index in [2.05, 4.69) is 36.1 Å². The quantitative estimate of drug-likeness (QED) is 0.777. The van der Waals surface area contributed by atoms with Crippen molar-refractivity contribution in [2.75, 3.05) is 26.2 Å². The second-order valence-electron chi connectivity index (χ2n) is 4.52. The Hall–Kier alpha value is -1.35. The lowest BCUT2D eigenvalue weighted by Gasteiger charge is -2.41. The number of hydrogen-bond acceptors (Lipinski definition) is 2. The molecular weight excluding hydrogens is 212 g/mol. The zero-order chi connectivity index (χ0) is 12.3. The predicted molar refractivity (Wildman–Crippen MR) is 68.7 cm³/mol. The lowest BCUT2D eigenvalue weighted by Crippen LogP contribution is -2.49. The highest BCUT2D eigenvalue weighted by Crippen LogP contribution is 2.24. The SMILES string of the molecule is CCN1CCN(C(C)=O)CC1c1ccccc1. The van der Waals surface area contributed by atoms with Crippen molar-refractivity contribution >= 4 is 5.91 Å². The van der Waals surface area contributed by atoms with Crippen molar-refractivity contribution in [2.24, 2.45) is 0 Å². The van der Waals surface area contributed by atoms with E-state index in [-0.39, 0.29) is 5.91 Å². The molecule has 1 unspecified atom stereocenters. The van der Waals surface area contributed by atoms with Crippen molar-refractivity contribution in [1.82, 2.24) is 9.80 Å². The monoisotopic (exact) mass is 232 g/mol. The van der Waals surface area contributed by atoms with Gasteiger partial charge in [-0.3, -0.25) is 9.69 Å². The normalized spacial score (nSPS) is 21.5. The molecule has 1 fully saturated rings. The molecule has 1 aromatic rings. The molecule has 0 N–H and O–H groups in total. The molecule has 1 aliphatic heterocycles. The second kappa shape index (κ2) is 5.32. The number of carbonyl (C=O) groups is 1. The largest absolute Gasteiger partial charge is 0.340 e. The topological polar surface area (TPSA) is 23.6 Å².